The number of nitrogens with one attached hydrogen (secondary N) is 1. The molecule has 72 valence electrons. The summed E-state index contributed by atoms with van der Waals surface area (Å²) in [6.07, 6.45) is 5.00. The van der Waals surface area contributed by atoms with Crippen LogP contribution in [0.5, 0.6) is 0 Å². The second-order valence-corrected chi connectivity index (χ2v) is 3.59. The molecule has 1 rings (SSSR count). The average Bonchev–Trinajstić information content (AvgIpc) is 2.17. The third kappa shape index (κ3) is 3.48. The van der Waals surface area contributed by atoms with Crippen LogP contribution in [0, 0.1) is 0 Å². The summed E-state index contributed by atoms with van der Waals surface area (Å²) in [5, 5.41) is 12.1. The SMILES string of the molecule is CC(C)(CO)NCc1cnccn1. The zero-order valence-electron chi connectivity index (χ0n) is 7.99. The Hall–Kier alpha value is -1.00. The summed E-state index contributed by atoms with van der Waals surface area (Å²) in [6.45, 7) is 4.60. The molecule has 0 atom stereocenters. The Morgan fingerprint density at radius 3 is 2.77 bits per heavy atom. The van der Waals surface area contributed by atoms with Gasteiger partial charge in [0.05, 0.1) is 12.3 Å². The van der Waals surface area contributed by atoms with Gasteiger partial charge in [0.1, 0.15) is 0 Å². The Morgan fingerprint density at radius 2 is 2.23 bits per heavy atom. The van der Waals surface area contributed by atoms with Crippen molar-refractivity contribution in [1.82, 2.24) is 15.3 Å². The summed E-state index contributed by atoms with van der Waals surface area (Å²) in [7, 11) is 0. The quantitative estimate of drug-likeness (QED) is 0.703. The first kappa shape index (κ1) is 10.1. The van der Waals surface area contributed by atoms with Crippen LogP contribution in [0.2, 0.25) is 0 Å². The van der Waals surface area contributed by atoms with Gasteiger partial charge in [-0.25, -0.2) is 0 Å². The van der Waals surface area contributed by atoms with Crippen molar-refractivity contribution in [3.63, 3.8) is 0 Å². The molecule has 2 N–H and O–H groups in total. The number of aromatic nitrogens is 2. The smallest absolute Gasteiger partial charge is 0.0724 e. The van der Waals surface area contributed by atoms with E-state index < -0.39 is 0 Å². The second kappa shape index (κ2) is 4.30. The second-order valence-electron chi connectivity index (χ2n) is 3.59. The van der Waals surface area contributed by atoms with Gasteiger partial charge in [-0.3, -0.25) is 9.97 Å². The van der Waals surface area contributed by atoms with Gasteiger partial charge in [0.15, 0.2) is 0 Å². The van der Waals surface area contributed by atoms with Crippen LogP contribution < -0.4 is 5.32 Å². The van der Waals surface area contributed by atoms with Crippen LogP contribution in [0.25, 0.3) is 0 Å². The van der Waals surface area contributed by atoms with Crippen LogP contribution in [0.3, 0.4) is 0 Å². The lowest BCUT2D eigenvalue weighted by Crippen LogP contribution is -2.42. The molecule has 0 bridgehead atoms. The first-order valence-electron chi connectivity index (χ1n) is 4.25. The average molecular weight is 181 g/mol. The highest BCUT2D eigenvalue weighted by atomic mass is 16.3. The summed E-state index contributed by atoms with van der Waals surface area (Å²) < 4.78 is 0. The minimum Gasteiger partial charge on any atom is -0.394 e. The van der Waals surface area contributed by atoms with Gasteiger partial charge in [-0.2, -0.15) is 0 Å². The van der Waals surface area contributed by atoms with E-state index >= 15 is 0 Å². The van der Waals surface area contributed by atoms with E-state index in [0.717, 1.165) is 5.69 Å². The molecule has 13 heavy (non-hydrogen) atoms. The Bertz CT molecular complexity index is 248. The molecule has 0 aromatic carbocycles. The minimum absolute atomic E-state index is 0.104. The number of aliphatic hydroxyl groups is 1. The highest BCUT2D eigenvalue weighted by Gasteiger charge is 2.14. The number of aliphatic hydroxyl groups excluding tert-OH is 1. The molecule has 4 heteroatoms. The molecule has 0 saturated carbocycles. The maximum absolute atomic E-state index is 8.97. The Kier molecular flexibility index (Phi) is 3.33. The van der Waals surface area contributed by atoms with Crippen molar-refractivity contribution in [2.24, 2.45) is 0 Å². The molecule has 0 aliphatic rings. The maximum Gasteiger partial charge on any atom is 0.0724 e. The zero-order chi connectivity index (χ0) is 9.73. The van der Waals surface area contributed by atoms with Gasteiger partial charge in [-0.15, -0.1) is 0 Å². The van der Waals surface area contributed by atoms with Crippen molar-refractivity contribution in [1.29, 1.82) is 0 Å². The first-order valence-corrected chi connectivity index (χ1v) is 4.25. The Balaban J connectivity index is 2.44. The van der Waals surface area contributed by atoms with E-state index in [2.05, 4.69) is 15.3 Å². The molecule has 0 fully saturated rings. The van der Waals surface area contributed by atoms with Crippen molar-refractivity contribution in [3.8, 4) is 0 Å². The standard InChI is InChI=1S/C9H15N3O/c1-9(2,7-13)12-6-8-5-10-3-4-11-8/h3-5,12-13H,6-7H2,1-2H3. The van der Waals surface area contributed by atoms with E-state index in [1.807, 2.05) is 13.8 Å². The number of hydrogen-bond acceptors (Lipinski definition) is 4. The molecule has 0 radical (unpaired) electrons. The van der Waals surface area contributed by atoms with Gasteiger partial charge in [0.2, 0.25) is 0 Å². The summed E-state index contributed by atoms with van der Waals surface area (Å²) in [4.78, 5) is 8.06. The lowest BCUT2D eigenvalue weighted by atomic mass is 10.1. The van der Waals surface area contributed by atoms with Crippen molar-refractivity contribution < 1.29 is 5.11 Å². The number of nitrogens with zero attached hydrogens (tertiary/aromatic N) is 2. The predicted molar refractivity (Wildman–Crippen MR) is 50.0 cm³/mol. The molecular formula is C9H15N3O. The van der Waals surface area contributed by atoms with Crippen molar-refractivity contribution >= 4 is 0 Å². The van der Waals surface area contributed by atoms with Crippen LogP contribution in [-0.2, 0) is 6.54 Å². The van der Waals surface area contributed by atoms with E-state index in [9.17, 15) is 0 Å². The molecule has 0 amide bonds. The van der Waals surface area contributed by atoms with Crippen LogP contribution in [0.15, 0.2) is 18.6 Å². The van der Waals surface area contributed by atoms with Crippen LogP contribution in [0.1, 0.15) is 19.5 Å². The Labute approximate surface area is 78.0 Å². The maximum atomic E-state index is 8.97. The van der Waals surface area contributed by atoms with Gasteiger partial charge in [0.25, 0.3) is 0 Å². The number of rotatable bonds is 4. The molecule has 1 aromatic heterocycles. The third-order valence-corrected chi connectivity index (χ3v) is 1.76. The highest BCUT2D eigenvalue weighted by Crippen LogP contribution is 2.01. The largest absolute Gasteiger partial charge is 0.394 e. The fourth-order valence-corrected chi connectivity index (χ4v) is 0.807. The van der Waals surface area contributed by atoms with Crippen LogP contribution in [0.4, 0.5) is 0 Å². The summed E-state index contributed by atoms with van der Waals surface area (Å²) >= 11 is 0. The fraction of sp³-hybridized carbons (Fsp3) is 0.556. The summed E-state index contributed by atoms with van der Waals surface area (Å²) in [5.41, 5.74) is 0.612. The normalized spacial score (nSPS) is 11.6. The van der Waals surface area contributed by atoms with Crippen molar-refractivity contribution in [3.05, 3.63) is 24.3 Å². The van der Waals surface area contributed by atoms with Gasteiger partial charge in [-0.1, -0.05) is 0 Å². The minimum atomic E-state index is -0.266. The van der Waals surface area contributed by atoms with Crippen LogP contribution in [-0.4, -0.2) is 27.2 Å². The Morgan fingerprint density at radius 1 is 1.46 bits per heavy atom. The summed E-state index contributed by atoms with van der Waals surface area (Å²) in [6, 6.07) is 0. The zero-order valence-corrected chi connectivity index (χ0v) is 7.99. The molecule has 0 saturated heterocycles. The van der Waals surface area contributed by atoms with Gasteiger partial charge >= 0.3 is 0 Å². The fourth-order valence-electron chi connectivity index (χ4n) is 0.807. The molecule has 0 unspecified atom stereocenters. The lowest BCUT2D eigenvalue weighted by molar-refractivity contribution is 0.187. The van der Waals surface area contributed by atoms with E-state index in [0.29, 0.717) is 6.54 Å². The molecule has 0 spiro atoms. The van der Waals surface area contributed by atoms with E-state index in [-0.39, 0.29) is 12.1 Å². The molecular weight excluding hydrogens is 166 g/mol. The van der Waals surface area contributed by atoms with E-state index in [1.165, 1.54) is 0 Å². The molecule has 4 nitrogen and oxygen atoms in total. The van der Waals surface area contributed by atoms with Crippen molar-refractivity contribution in [2.75, 3.05) is 6.61 Å². The third-order valence-electron chi connectivity index (χ3n) is 1.76. The molecule has 0 aliphatic heterocycles. The van der Waals surface area contributed by atoms with Crippen molar-refractivity contribution in [2.45, 2.75) is 25.9 Å². The molecule has 1 aromatic rings. The molecule has 1 heterocycles. The van der Waals surface area contributed by atoms with Crippen LogP contribution >= 0.6 is 0 Å². The monoisotopic (exact) mass is 181 g/mol. The predicted octanol–water partition coefficient (Wildman–Crippen LogP) is 0.337. The lowest BCUT2D eigenvalue weighted by Gasteiger charge is -2.22. The van der Waals surface area contributed by atoms with E-state index in [4.69, 9.17) is 5.11 Å². The first-order chi connectivity index (χ1) is 6.14. The summed E-state index contributed by atoms with van der Waals surface area (Å²) in [5.74, 6) is 0. The van der Waals surface area contributed by atoms with E-state index in [1.54, 1.807) is 18.6 Å². The topological polar surface area (TPSA) is 58.0 Å². The van der Waals surface area contributed by atoms with Gasteiger partial charge in [0, 0.05) is 30.7 Å². The highest BCUT2D eigenvalue weighted by molar-refractivity contribution is 4.95. The van der Waals surface area contributed by atoms with Gasteiger partial charge < -0.3 is 10.4 Å². The number of hydrogen-bond donors (Lipinski definition) is 2. The van der Waals surface area contributed by atoms with Gasteiger partial charge in [-0.05, 0) is 13.8 Å². The molecule has 0 aliphatic carbocycles.